The first-order valence-electron chi connectivity index (χ1n) is 7.30. The van der Waals surface area contributed by atoms with Crippen LogP contribution in [-0.4, -0.2) is 36.6 Å². The molecule has 1 saturated heterocycles. The van der Waals surface area contributed by atoms with Crippen LogP contribution in [0.5, 0.6) is 0 Å². The van der Waals surface area contributed by atoms with Gasteiger partial charge < -0.3 is 9.80 Å². The monoisotopic (exact) mass is 265 g/mol. The van der Waals surface area contributed by atoms with E-state index in [1.165, 1.54) is 22.5 Å². The van der Waals surface area contributed by atoms with E-state index in [4.69, 9.17) is 4.98 Å². The third-order valence-electron chi connectivity index (χ3n) is 4.51. The lowest BCUT2D eigenvalue weighted by atomic mass is 10.0. The molecule has 2 aliphatic rings. The van der Waals surface area contributed by atoms with Gasteiger partial charge in [0.1, 0.15) is 0 Å². The Labute approximate surface area is 119 Å². The highest BCUT2D eigenvalue weighted by atomic mass is 15.3. The second kappa shape index (κ2) is 4.60. The molecule has 1 unspecified atom stereocenters. The molecule has 1 atom stereocenters. The number of anilines is 1. The summed E-state index contributed by atoms with van der Waals surface area (Å²) >= 11 is 0. The summed E-state index contributed by atoms with van der Waals surface area (Å²) in [5.74, 6) is 0. The normalized spacial score (nSPS) is 21.6. The number of nitrogens with zero attached hydrogens (tertiary/aromatic N) is 3. The predicted octanol–water partition coefficient (Wildman–Crippen LogP) is 2.48. The second-order valence-corrected chi connectivity index (χ2v) is 5.82. The van der Waals surface area contributed by atoms with Crippen LogP contribution in [0.3, 0.4) is 0 Å². The van der Waals surface area contributed by atoms with Crippen molar-refractivity contribution in [1.82, 2.24) is 9.88 Å². The van der Waals surface area contributed by atoms with Crippen molar-refractivity contribution in [2.45, 2.75) is 12.5 Å². The van der Waals surface area contributed by atoms with Crippen molar-refractivity contribution in [3.05, 3.63) is 59.4 Å². The SMILES string of the molecule is CN1CCN2c3ccccc3Cc3cccnc3C2C1. The standard InChI is InChI=1S/C17H19N3/c1-19-9-10-20-15-7-3-2-5-13(15)11-14-6-4-8-18-17(14)16(20)12-19/h2-8,16H,9-12H2,1H3. The topological polar surface area (TPSA) is 19.4 Å². The summed E-state index contributed by atoms with van der Waals surface area (Å²) in [5.41, 5.74) is 5.45. The molecule has 3 heterocycles. The molecule has 0 bridgehead atoms. The average Bonchev–Trinajstić information content (AvgIpc) is 2.61. The van der Waals surface area contributed by atoms with Crippen LogP contribution in [-0.2, 0) is 6.42 Å². The Morgan fingerprint density at radius 1 is 1.05 bits per heavy atom. The van der Waals surface area contributed by atoms with E-state index in [9.17, 15) is 0 Å². The van der Waals surface area contributed by atoms with Gasteiger partial charge in [0, 0.05) is 37.9 Å². The largest absolute Gasteiger partial charge is 0.360 e. The maximum absolute atomic E-state index is 4.71. The Balaban J connectivity index is 1.90. The van der Waals surface area contributed by atoms with Gasteiger partial charge in [0.2, 0.25) is 0 Å². The Hall–Kier alpha value is -1.87. The van der Waals surface area contributed by atoms with Gasteiger partial charge in [-0.1, -0.05) is 24.3 Å². The first kappa shape index (κ1) is 11.9. The maximum atomic E-state index is 4.71. The number of para-hydroxylation sites is 1. The first-order chi connectivity index (χ1) is 9.83. The zero-order valence-electron chi connectivity index (χ0n) is 11.8. The summed E-state index contributed by atoms with van der Waals surface area (Å²) in [5, 5.41) is 0. The van der Waals surface area contributed by atoms with E-state index in [0.29, 0.717) is 6.04 Å². The summed E-state index contributed by atoms with van der Waals surface area (Å²) in [6, 6.07) is 13.5. The average molecular weight is 265 g/mol. The summed E-state index contributed by atoms with van der Waals surface area (Å²) in [6.07, 6.45) is 2.93. The van der Waals surface area contributed by atoms with Crippen molar-refractivity contribution in [3.8, 4) is 0 Å². The van der Waals surface area contributed by atoms with Gasteiger partial charge in [-0.05, 0) is 30.3 Å². The summed E-state index contributed by atoms with van der Waals surface area (Å²) in [6.45, 7) is 3.25. The molecule has 0 saturated carbocycles. The molecule has 0 spiro atoms. The van der Waals surface area contributed by atoms with Crippen LogP contribution in [0.2, 0.25) is 0 Å². The van der Waals surface area contributed by atoms with Crippen molar-refractivity contribution < 1.29 is 0 Å². The Kier molecular flexibility index (Phi) is 2.74. The molecule has 102 valence electrons. The van der Waals surface area contributed by atoms with Crippen molar-refractivity contribution in [3.63, 3.8) is 0 Å². The first-order valence-corrected chi connectivity index (χ1v) is 7.30. The van der Waals surface area contributed by atoms with Gasteiger partial charge in [0.25, 0.3) is 0 Å². The van der Waals surface area contributed by atoms with Crippen LogP contribution in [0, 0.1) is 0 Å². The fourth-order valence-corrected chi connectivity index (χ4v) is 3.49. The van der Waals surface area contributed by atoms with Crippen LogP contribution in [0.15, 0.2) is 42.6 Å². The van der Waals surface area contributed by atoms with Crippen molar-refractivity contribution in [1.29, 1.82) is 0 Å². The molecule has 0 radical (unpaired) electrons. The maximum Gasteiger partial charge on any atom is 0.0843 e. The number of rotatable bonds is 0. The number of likely N-dealkylation sites (N-methyl/N-ethyl adjacent to an activating group) is 1. The van der Waals surface area contributed by atoms with E-state index < -0.39 is 0 Å². The lowest BCUT2D eigenvalue weighted by Gasteiger charge is -2.41. The number of pyridine rings is 1. The fourth-order valence-electron chi connectivity index (χ4n) is 3.49. The molecule has 0 amide bonds. The summed E-state index contributed by atoms with van der Waals surface area (Å²) in [4.78, 5) is 9.67. The fraction of sp³-hybridized carbons (Fsp3) is 0.353. The summed E-state index contributed by atoms with van der Waals surface area (Å²) in [7, 11) is 2.21. The van der Waals surface area contributed by atoms with E-state index in [2.05, 4.69) is 53.2 Å². The third kappa shape index (κ3) is 1.81. The summed E-state index contributed by atoms with van der Waals surface area (Å²) < 4.78 is 0. The number of aromatic nitrogens is 1. The Bertz CT molecular complexity index is 638. The molecule has 4 rings (SSSR count). The third-order valence-corrected chi connectivity index (χ3v) is 4.51. The van der Waals surface area contributed by atoms with Crippen LogP contribution in [0.4, 0.5) is 5.69 Å². The van der Waals surface area contributed by atoms with Gasteiger partial charge >= 0.3 is 0 Å². The molecule has 3 nitrogen and oxygen atoms in total. The minimum atomic E-state index is 0.383. The lowest BCUT2D eigenvalue weighted by Crippen LogP contribution is -2.47. The number of piperazine rings is 1. The number of benzene rings is 1. The molecule has 0 N–H and O–H groups in total. The van der Waals surface area contributed by atoms with Gasteiger partial charge in [0.05, 0.1) is 11.7 Å². The zero-order valence-corrected chi connectivity index (χ0v) is 11.8. The molecular formula is C17H19N3. The molecular weight excluding hydrogens is 246 g/mol. The molecule has 0 aliphatic carbocycles. The highest BCUT2D eigenvalue weighted by Crippen LogP contribution is 2.37. The van der Waals surface area contributed by atoms with Gasteiger partial charge in [-0.2, -0.15) is 0 Å². The van der Waals surface area contributed by atoms with Crippen molar-refractivity contribution in [2.24, 2.45) is 0 Å². The van der Waals surface area contributed by atoms with Crippen LogP contribution < -0.4 is 4.90 Å². The Morgan fingerprint density at radius 2 is 1.90 bits per heavy atom. The quantitative estimate of drug-likeness (QED) is 0.729. The molecule has 2 aliphatic heterocycles. The van der Waals surface area contributed by atoms with E-state index in [1.54, 1.807) is 0 Å². The van der Waals surface area contributed by atoms with E-state index >= 15 is 0 Å². The minimum Gasteiger partial charge on any atom is -0.360 e. The van der Waals surface area contributed by atoms with Gasteiger partial charge in [-0.3, -0.25) is 4.98 Å². The van der Waals surface area contributed by atoms with Gasteiger partial charge in [-0.25, -0.2) is 0 Å². The molecule has 1 aromatic carbocycles. The van der Waals surface area contributed by atoms with Crippen molar-refractivity contribution in [2.75, 3.05) is 31.6 Å². The predicted molar refractivity (Wildman–Crippen MR) is 81.1 cm³/mol. The van der Waals surface area contributed by atoms with E-state index in [0.717, 1.165) is 26.1 Å². The second-order valence-electron chi connectivity index (χ2n) is 5.82. The van der Waals surface area contributed by atoms with E-state index in [-0.39, 0.29) is 0 Å². The van der Waals surface area contributed by atoms with Crippen molar-refractivity contribution >= 4 is 5.69 Å². The van der Waals surface area contributed by atoms with Crippen LogP contribution in [0.1, 0.15) is 22.9 Å². The molecule has 1 fully saturated rings. The van der Waals surface area contributed by atoms with Gasteiger partial charge in [-0.15, -0.1) is 0 Å². The highest BCUT2D eigenvalue weighted by Gasteiger charge is 2.32. The lowest BCUT2D eigenvalue weighted by molar-refractivity contribution is 0.267. The van der Waals surface area contributed by atoms with E-state index in [1.807, 2.05) is 6.20 Å². The van der Waals surface area contributed by atoms with Crippen LogP contribution >= 0.6 is 0 Å². The van der Waals surface area contributed by atoms with Crippen LogP contribution in [0.25, 0.3) is 0 Å². The smallest absolute Gasteiger partial charge is 0.0843 e. The molecule has 3 heteroatoms. The number of hydrogen-bond donors (Lipinski definition) is 0. The zero-order chi connectivity index (χ0) is 13.5. The molecule has 1 aromatic heterocycles. The highest BCUT2D eigenvalue weighted by molar-refractivity contribution is 5.59. The number of hydrogen-bond acceptors (Lipinski definition) is 3. The molecule has 20 heavy (non-hydrogen) atoms. The van der Waals surface area contributed by atoms with Gasteiger partial charge in [0.15, 0.2) is 0 Å². The Morgan fingerprint density at radius 3 is 2.85 bits per heavy atom. The minimum absolute atomic E-state index is 0.383. The number of fused-ring (bicyclic) bond motifs is 5. The molecule has 2 aromatic rings.